The normalized spacial score (nSPS) is 10.2. The molecule has 0 saturated heterocycles. The van der Waals surface area contributed by atoms with E-state index >= 15 is 0 Å². The van der Waals surface area contributed by atoms with Crippen molar-refractivity contribution in [3.63, 3.8) is 0 Å². The molecule has 0 aliphatic rings. The second-order valence-electron chi connectivity index (χ2n) is 3.27. The van der Waals surface area contributed by atoms with Crippen LogP contribution in [0.2, 0.25) is 0 Å². The molecule has 0 aliphatic carbocycles. The van der Waals surface area contributed by atoms with Crippen LogP contribution in [0.3, 0.4) is 0 Å². The molecule has 0 saturated carbocycles. The minimum absolute atomic E-state index is 0.0516. The molecule has 2 N–H and O–H groups in total. The summed E-state index contributed by atoms with van der Waals surface area (Å²) in [6.45, 7) is 0.849. The van der Waals surface area contributed by atoms with Gasteiger partial charge in [0.15, 0.2) is 5.69 Å². The van der Waals surface area contributed by atoms with Gasteiger partial charge in [0.25, 0.3) is 0 Å². The summed E-state index contributed by atoms with van der Waals surface area (Å²) < 4.78 is 4.77. The lowest BCUT2D eigenvalue weighted by atomic mass is 10.4. The second kappa shape index (κ2) is 6.97. The third-order valence-corrected chi connectivity index (χ3v) is 2.87. The highest BCUT2D eigenvalue weighted by atomic mass is 32.1. The molecule has 0 aromatic carbocycles. The molecule has 7 heteroatoms. The lowest BCUT2D eigenvalue weighted by molar-refractivity contribution is -0.121. The molecule has 0 spiro atoms. The monoisotopic (exact) mass is 258 g/mol. The summed E-state index contributed by atoms with van der Waals surface area (Å²) >= 11 is 1.28. The molecule has 17 heavy (non-hydrogen) atoms. The number of carboxylic acids is 1. The van der Waals surface area contributed by atoms with Gasteiger partial charge in [0, 0.05) is 31.9 Å². The summed E-state index contributed by atoms with van der Waals surface area (Å²) in [6, 6.07) is 0. The highest BCUT2D eigenvalue weighted by Crippen LogP contribution is 2.09. The number of carbonyl (C=O) groups is 2. The van der Waals surface area contributed by atoms with Gasteiger partial charge in [-0.15, -0.1) is 11.3 Å². The van der Waals surface area contributed by atoms with Crippen LogP contribution in [0.5, 0.6) is 0 Å². The number of methoxy groups -OCH3 is 1. The smallest absolute Gasteiger partial charge is 0.355 e. The minimum atomic E-state index is -1.03. The van der Waals surface area contributed by atoms with Gasteiger partial charge in [-0.05, 0) is 0 Å². The molecule has 0 bridgehead atoms. The number of aromatic nitrogens is 1. The van der Waals surface area contributed by atoms with E-state index in [1.165, 1.54) is 23.8 Å². The fourth-order valence-corrected chi connectivity index (χ4v) is 1.89. The zero-order valence-electron chi connectivity index (χ0n) is 9.43. The van der Waals surface area contributed by atoms with Gasteiger partial charge in [0.1, 0.15) is 0 Å². The van der Waals surface area contributed by atoms with Crippen molar-refractivity contribution < 1.29 is 19.4 Å². The van der Waals surface area contributed by atoms with Crippen molar-refractivity contribution in [1.29, 1.82) is 0 Å². The van der Waals surface area contributed by atoms with Crippen LogP contribution in [0.1, 0.15) is 21.9 Å². The number of hydrogen-bond acceptors (Lipinski definition) is 5. The number of ether oxygens (including phenoxy) is 1. The van der Waals surface area contributed by atoms with Crippen LogP contribution >= 0.6 is 11.3 Å². The maximum atomic E-state index is 11.2. The van der Waals surface area contributed by atoms with Crippen LogP contribution in [0.4, 0.5) is 0 Å². The quantitative estimate of drug-likeness (QED) is 0.745. The number of thiazole rings is 1. The van der Waals surface area contributed by atoms with Gasteiger partial charge in [-0.25, -0.2) is 9.78 Å². The van der Waals surface area contributed by atoms with E-state index < -0.39 is 5.97 Å². The number of rotatable bonds is 7. The Labute approximate surface area is 103 Å². The van der Waals surface area contributed by atoms with Crippen molar-refractivity contribution in [2.75, 3.05) is 20.3 Å². The predicted molar refractivity (Wildman–Crippen MR) is 62.3 cm³/mol. The maximum Gasteiger partial charge on any atom is 0.355 e. The number of nitrogens with zero attached hydrogens (tertiary/aromatic N) is 1. The van der Waals surface area contributed by atoms with E-state index in [0.717, 1.165) is 0 Å². The van der Waals surface area contributed by atoms with Crippen molar-refractivity contribution in [3.05, 3.63) is 16.1 Å². The number of nitrogens with one attached hydrogen (secondary N) is 1. The zero-order chi connectivity index (χ0) is 12.7. The van der Waals surface area contributed by atoms with Crippen LogP contribution in [-0.4, -0.2) is 42.2 Å². The molecule has 6 nitrogen and oxygen atoms in total. The molecule has 0 fully saturated rings. The van der Waals surface area contributed by atoms with E-state index in [9.17, 15) is 9.59 Å². The molecule has 1 aromatic heterocycles. The van der Waals surface area contributed by atoms with Crippen LogP contribution in [-0.2, 0) is 16.0 Å². The molecule has 1 rings (SSSR count). The molecule has 0 aliphatic heterocycles. The Balaban J connectivity index is 2.26. The van der Waals surface area contributed by atoms with Gasteiger partial charge in [0.05, 0.1) is 11.6 Å². The van der Waals surface area contributed by atoms with Gasteiger partial charge < -0.3 is 15.2 Å². The van der Waals surface area contributed by atoms with Crippen molar-refractivity contribution in [1.82, 2.24) is 10.3 Å². The molecule has 1 aromatic rings. The van der Waals surface area contributed by atoms with Crippen molar-refractivity contribution in [2.45, 2.75) is 12.8 Å². The number of hydrogen-bond donors (Lipinski definition) is 2. The third kappa shape index (κ3) is 4.92. The predicted octanol–water partition coefficient (Wildman–Crippen LogP) is 0.536. The number of carbonyl (C=O) groups excluding carboxylic acids is 1. The summed E-state index contributed by atoms with van der Waals surface area (Å²) in [6.07, 6.45) is 0.866. The molecule has 1 heterocycles. The average Bonchev–Trinajstić information content (AvgIpc) is 2.75. The first-order chi connectivity index (χ1) is 8.13. The Morgan fingerprint density at radius 1 is 1.59 bits per heavy atom. The first kappa shape index (κ1) is 13.6. The van der Waals surface area contributed by atoms with Crippen molar-refractivity contribution in [2.24, 2.45) is 0 Å². The number of carboxylic acid groups (broad SMARTS) is 1. The average molecular weight is 258 g/mol. The molecular formula is C10H14N2O4S. The minimum Gasteiger partial charge on any atom is -0.476 e. The fraction of sp³-hybridized carbons (Fsp3) is 0.500. The van der Waals surface area contributed by atoms with Crippen molar-refractivity contribution >= 4 is 23.2 Å². The van der Waals surface area contributed by atoms with Gasteiger partial charge >= 0.3 is 5.97 Å². The molecule has 94 valence electrons. The zero-order valence-corrected chi connectivity index (χ0v) is 10.2. The second-order valence-corrected chi connectivity index (χ2v) is 4.22. The standard InChI is InChI=1S/C10H14N2O4S/c1-16-5-3-8(13)11-4-2-9-12-7(6-17-9)10(14)15/h6H,2-5H2,1H3,(H,11,13)(H,14,15). The Kier molecular flexibility index (Phi) is 5.58. The van der Waals surface area contributed by atoms with E-state index in [0.29, 0.717) is 31.0 Å². The fourth-order valence-electron chi connectivity index (χ4n) is 1.12. The van der Waals surface area contributed by atoms with Crippen molar-refractivity contribution in [3.8, 4) is 0 Å². The number of aromatic carboxylic acids is 1. The first-order valence-corrected chi connectivity index (χ1v) is 5.94. The van der Waals surface area contributed by atoms with Crippen LogP contribution < -0.4 is 5.32 Å². The Morgan fingerprint density at radius 2 is 2.35 bits per heavy atom. The summed E-state index contributed by atoms with van der Waals surface area (Å²) in [4.78, 5) is 25.7. The first-order valence-electron chi connectivity index (χ1n) is 5.07. The Bertz CT molecular complexity index is 391. The largest absolute Gasteiger partial charge is 0.476 e. The Hall–Kier alpha value is -1.47. The topological polar surface area (TPSA) is 88.5 Å². The summed E-state index contributed by atoms with van der Waals surface area (Å²) in [7, 11) is 1.54. The maximum absolute atomic E-state index is 11.2. The lowest BCUT2D eigenvalue weighted by Crippen LogP contribution is -2.26. The van der Waals surface area contributed by atoms with Crippen LogP contribution in [0, 0.1) is 0 Å². The van der Waals surface area contributed by atoms with Gasteiger partial charge in [0.2, 0.25) is 5.91 Å². The van der Waals surface area contributed by atoms with Gasteiger partial charge in [-0.1, -0.05) is 0 Å². The molecular weight excluding hydrogens is 244 g/mol. The van der Waals surface area contributed by atoms with E-state index in [2.05, 4.69) is 10.3 Å². The SMILES string of the molecule is COCCC(=O)NCCc1nc(C(=O)O)cs1. The lowest BCUT2D eigenvalue weighted by Gasteiger charge is -2.02. The van der Waals surface area contributed by atoms with Crippen LogP contribution in [0.15, 0.2) is 5.38 Å². The van der Waals surface area contributed by atoms with E-state index in [1.807, 2.05) is 0 Å². The van der Waals surface area contributed by atoms with Gasteiger partial charge in [-0.2, -0.15) is 0 Å². The molecule has 1 amide bonds. The molecule has 0 atom stereocenters. The Morgan fingerprint density at radius 3 is 2.94 bits per heavy atom. The van der Waals surface area contributed by atoms with E-state index in [4.69, 9.17) is 9.84 Å². The van der Waals surface area contributed by atoms with E-state index in [1.54, 1.807) is 0 Å². The highest BCUT2D eigenvalue weighted by molar-refractivity contribution is 7.09. The van der Waals surface area contributed by atoms with Crippen LogP contribution in [0.25, 0.3) is 0 Å². The summed E-state index contributed by atoms with van der Waals surface area (Å²) in [5.74, 6) is -1.11. The van der Waals surface area contributed by atoms with E-state index in [-0.39, 0.29) is 11.6 Å². The van der Waals surface area contributed by atoms with Gasteiger partial charge in [-0.3, -0.25) is 4.79 Å². The molecule has 0 radical (unpaired) electrons. The highest BCUT2D eigenvalue weighted by Gasteiger charge is 2.08. The molecule has 0 unspecified atom stereocenters. The summed E-state index contributed by atoms with van der Waals surface area (Å²) in [5.41, 5.74) is 0.0516. The third-order valence-electron chi connectivity index (χ3n) is 1.97. The summed E-state index contributed by atoms with van der Waals surface area (Å²) in [5, 5.41) is 13.6. The number of amides is 1.